The molecule has 3 rings (SSSR count). The summed E-state index contributed by atoms with van der Waals surface area (Å²) in [6.07, 6.45) is 0.996. The van der Waals surface area contributed by atoms with Crippen molar-refractivity contribution in [1.29, 1.82) is 0 Å². The topological polar surface area (TPSA) is 49.6 Å². The third-order valence-electron chi connectivity index (χ3n) is 5.28. The first-order valence-electron chi connectivity index (χ1n) is 9.03. The average molecular weight is 341 g/mol. The number of aryl methyl sites for hydroxylation is 1. The van der Waals surface area contributed by atoms with Gasteiger partial charge in [0.1, 0.15) is 5.69 Å². The Hall–Kier alpha value is -2.14. The summed E-state index contributed by atoms with van der Waals surface area (Å²) in [4.78, 5) is 17.1. The maximum atomic E-state index is 12.8. The fraction of sp³-hybridized carbons (Fsp3) is 0.500. The third kappa shape index (κ3) is 3.76. The van der Waals surface area contributed by atoms with Gasteiger partial charge in [0.25, 0.3) is 5.91 Å². The van der Waals surface area contributed by atoms with Crippen LogP contribution in [0.2, 0.25) is 0 Å². The SMILES string of the molecule is CCN1CC[C@H](N(C)C(=O)c2cc(-c3ccc(C)cc3)no2)[C@H](C)C1. The zero-order valence-electron chi connectivity index (χ0n) is 15.5. The van der Waals surface area contributed by atoms with E-state index in [1.54, 1.807) is 6.07 Å². The lowest BCUT2D eigenvalue weighted by Crippen LogP contribution is -2.50. The summed E-state index contributed by atoms with van der Waals surface area (Å²) < 4.78 is 5.35. The highest BCUT2D eigenvalue weighted by Gasteiger charge is 2.32. The summed E-state index contributed by atoms with van der Waals surface area (Å²) in [5, 5.41) is 4.08. The number of aromatic nitrogens is 1. The van der Waals surface area contributed by atoms with E-state index in [1.807, 2.05) is 43.1 Å². The summed E-state index contributed by atoms with van der Waals surface area (Å²) in [6.45, 7) is 9.58. The van der Waals surface area contributed by atoms with Crippen molar-refractivity contribution in [3.63, 3.8) is 0 Å². The molecule has 0 N–H and O–H groups in total. The zero-order chi connectivity index (χ0) is 18.0. The molecule has 2 atom stereocenters. The number of nitrogens with zero attached hydrogens (tertiary/aromatic N) is 3. The van der Waals surface area contributed by atoms with Crippen molar-refractivity contribution in [3.8, 4) is 11.3 Å². The molecule has 5 nitrogen and oxygen atoms in total. The van der Waals surface area contributed by atoms with E-state index < -0.39 is 0 Å². The van der Waals surface area contributed by atoms with Gasteiger partial charge in [-0.05, 0) is 25.8 Å². The zero-order valence-corrected chi connectivity index (χ0v) is 15.5. The van der Waals surface area contributed by atoms with Gasteiger partial charge >= 0.3 is 0 Å². The van der Waals surface area contributed by atoms with Gasteiger partial charge < -0.3 is 14.3 Å². The molecule has 1 saturated heterocycles. The number of carbonyl (C=O) groups is 1. The highest BCUT2D eigenvalue weighted by Crippen LogP contribution is 2.24. The van der Waals surface area contributed by atoms with Crippen molar-refractivity contribution in [2.24, 2.45) is 5.92 Å². The number of hydrogen-bond acceptors (Lipinski definition) is 4. The molecular weight excluding hydrogens is 314 g/mol. The molecule has 25 heavy (non-hydrogen) atoms. The molecule has 2 heterocycles. The summed E-state index contributed by atoms with van der Waals surface area (Å²) in [7, 11) is 1.87. The Morgan fingerprint density at radius 3 is 2.72 bits per heavy atom. The molecule has 134 valence electrons. The molecular formula is C20H27N3O2. The Balaban J connectivity index is 1.72. The summed E-state index contributed by atoms with van der Waals surface area (Å²) in [5.41, 5.74) is 2.85. The minimum atomic E-state index is -0.0901. The van der Waals surface area contributed by atoms with Crippen molar-refractivity contribution in [3.05, 3.63) is 41.7 Å². The molecule has 1 fully saturated rings. The van der Waals surface area contributed by atoms with Gasteiger partial charge in [-0.2, -0.15) is 0 Å². The molecule has 0 spiro atoms. The molecule has 1 aromatic carbocycles. The largest absolute Gasteiger partial charge is 0.350 e. The van der Waals surface area contributed by atoms with E-state index in [2.05, 4.69) is 23.9 Å². The number of likely N-dealkylation sites (tertiary alicyclic amines) is 1. The van der Waals surface area contributed by atoms with Gasteiger partial charge in [0.05, 0.1) is 0 Å². The van der Waals surface area contributed by atoms with Crippen LogP contribution in [0.5, 0.6) is 0 Å². The second-order valence-corrected chi connectivity index (χ2v) is 7.09. The van der Waals surface area contributed by atoms with Crippen LogP contribution in [0.25, 0.3) is 11.3 Å². The fourth-order valence-electron chi connectivity index (χ4n) is 3.64. The Morgan fingerprint density at radius 1 is 1.36 bits per heavy atom. The molecule has 1 amide bonds. The maximum absolute atomic E-state index is 12.8. The number of amides is 1. The molecule has 1 aliphatic rings. The van der Waals surface area contributed by atoms with E-state index in [9.17, 15) is 4.79 Å². The third-order valence-corrected chi connectivity index (χ3v) is 5.28. The standard InChI is InChI=1S/C20H27N3O2/c1-5-23-11-10-18(15(3)13-23)22(4)20(24)19-12-17(21-25-19)16-8-6-14(2)7-9-16/h6-9,12,15,18H,5,10-11,13H2,1-4H3/t15-,18+/m1/s1. The van der Waals surface area contributed by atoms with E-state index in [0.717, 1.165) is 31.6 Å². The molecule has 5 heteroatoms. The highest BCUT2D eigenvalue weighted by atomic mass is 16.5. The minimum Gasteiger partial charge on any atom is -0.350 e. The lowest BCUT2D eigenvalue weighted by atomic mass is 9.92. The van der Waals surface area contributed by atoms with Crippen LogP contribution in [-0.4, -0.2) is 53.6 Å². The molecule has 1 aliphatic heterocycles. The van der Waals surface area contributed by atoms with E-state index in [-0.39, 0.29) is 11.9 Å². The smallest absolute Gasteiger partial charge is 0.292 e. The monoisotopic (exact) mass is 341 g/mol. The highest BCUT2D eigenvalue weighted by molar-refractivity contribution is 5.92. The van der Waals surface area contributed by atoms with Crippen molar-refractivity contribution < 1.29 is 9.32 Å². The molecule has 1 aromatic heterocycles. The van der Waals surface area contributed by atoms with E-state index in [4.69, 9.17) is 4.52 Å². The van der Waals surface area contributed by atoms with Gasteiger partial charge in [0.2, 0.25) is 5.76 Å². The molecule has 0 saturated carbocycles. The van der Waals surface area contributed by atoms with Gasteiger partial charge in [-0.3, -0.25) is 4.79 Å². The van der Waals surface area contributed by atoms with Crippen LogP contribution in [0.4, 0.5) is 0 Å². The predicted molar refractivity (Wildman–Crippen MR) is 98.5 cm³/mol. The molecule has 0 unspecified atom stereocenters. The summed E-state index contributed by atoms with van der Waals surface area (Å²) in [6, 6.07) is 10.0. The Morgan fingerprint density at radius 2 is 2.08 bits per heavy atom. The molecule has 0 aliphatic carbocycles. The molecule has 0 radical (unpaired) electrons. The normalized spacial score (nSPS) is 21.3. The number of hydrogen-bond donors (Lipinski definition) is 0. The maximum Gasteiger partial charge on any atom is 0.292 e. The van der Waals surface area contributed by atoms with Gasteiger partial charge in [0, 0.05) is 37.8 Å². The van der Waals surface area contributed by atoms with Crippen LogP contribution in [0.15, 0.2) is 34.9 Å². The van der Waals surface area contributed by atoms with Crippen molar-refractivity contribution in [2.75, 3.05) is 26.7 Å². The first kappa shape index (κ1) is 17.7. The summed E-state index contributed by atoms with van der Waals surface area (Å²) in [5.74, 6) is 0.665. The van der Waals surface area contributed by atoms with E-state index >= 15 is 0 Å². The molecule has 2 aromatic rings. The fourth-order valence-corrected chi connectivity index (χ4v) is 3.64. The first-order valence-corrected chi connectivity index (χ1v) is 9.03. The second kappa shape index (κ2) is 7.40. The lowest BCUT2D eigenvalue weighted by Gasteiger charge is -2.40. The van der Waals surface area contributed by atoms with Gasteiger partial charge in [0.15, 0.2) is 0 Å². The van der Waals surface area contributed by atoms with Crippen LogP contribution in [0.3, 0.4) is 0 Å². The van der Waals surface area contributed by atoms with Crippen LogP contribution in [0.1, 0.15) is 36.4 Å². The first-order chi connectivity index (χ1) is 12.0. The Labute approximate surface area is 149 Å². The quantitative estimate of drug-likeness (QED) is 0.855. The Bertz CT molecular complexity index is 723. The van der Waals surface area contributed by atoms with Crippen molar-refractivity contribution in [2.45, 2.75) is 33.2 Å². The van der Waals surface area contributed by atoms with Gasteiger partial charge in [-0.15, -0.1) is 0 Å². The van der Waals surface area contributed by atoms with Crippen molar-refractivity contribution >= 4 is 5.91 Å². The van der Waals surface area contributed by atoms with E-state index in [0.29, 0.717) is 17.4 Å². The van der Waals surface area contributed by atoms with Gasteiger partial charge in [-0.25, -0.2) is 0 Å². The van der Waals surface area contributed by atoms with Crippen LogP contribution >= 0.6 is 0 Å². The number of carbonyl (C=O) groups excluding carboxylic acids is 1. The Kier molecular flexibility index (Phi) is 5.23. The second-order valence-electron chi connectivity index (χ2n) is 7.09. The minimum absolute atomic E-state index is 0.0901. The number of benzene rings is 1. The van der Waals surface area contributed by atoms with Crippen LogP contribution in [0, 0.1) is 12.8 Å². The number of rotatable bonds is 4. The van der Waals surface area contributed by atoms with Crippen LogP contribution < -0.4 is 0 Å². The number of piperidine rings is 1. The van der Waals surface area contributed by atoms with E-state index in [1.165, 1.54) is 5.56 Å². The summed E-state index contributed by atoms with van der Waals surface area (Å²) >= 11 is 0. The van der Waals surface area contributed by atoms with Crippen molar-refractivity contribution in [1.82, 2.24) is 15.0 Å². The molecule has 0 bridgehead atoms. The predicted octanol–water partition coefficient (Wildman–Crippen LogP) is 3.45. The lowest BCUT2D eigenvalue weighted by molar-refractivity contribution is 0.0485. The van der Waals surface area contributed by atoms with Gasteiger partial charge in [-0.1, -0.05) is 48.8 Å². The average Bonchev–Trinajstić information content (AvgIpc) is 3.11. The van der Waals surface area contributed by atoms with Crippen LogP contribution in [-0.2, 0) is 0 Å².